The molecule has 7 nitrogen and oxygen atoms in total. The van der Waals surface area contributed by atoms with E-state index in [0.29, 0.717) is 33.5 Å². The van der Waals surface area contributed by atoms with Crippen molar-refractivity contribution >= 4 is 0 Å². The third-order valence-corrected chi connectivity index (χ3v) is 2.36. The molecule has 0 atom stereocenters. The van der Waals surface area contributed by atoms with E-state index in [1.165, 1.54) is 0 Å². The Morgan fingerprint density at radius 2 is 1.05 bits per heavy atom. The predicted molar refractivity (Wildman–Crippen MR) is 76.0 cm³/mol. The summed E-state index contributed by atoms with van der Waals surface area (Å²) in [4.78, 5) is 4.01. The van der Waals surface area contributed by atoms with Crippen LogP contribution in [-0.4, -0.2) is 84.0 Å². The van der Waals surface area contributed by atoms with Crippen molar-refractivity contribution in [3.05, 3.63) is 13.2 Å². The topological polar surface area (TPSA) is 52.6 Å². The first kappa shape index (κ1) is 19.5. The molecule has 0 unspecified atom stereocenters. The lowest BCUT2D eigenvalue weighted by Crippen LogP contribution is -2.29. The minimum atomic E-state index is 0.234. The molecular formula is C13H28N2O5. The van der Waals surface area contributed by atoms with Crippen LogP contribution in [0, 0.1) is 0 Å². The molecule has 1 rings (SSSR count). The van der Waals surface area contributed by atoms with Crippen LogP contribution < -0.4 is 0 Å². The zero-order valence-corrected chi connectivity index (χ0v) is 12.7. The van der Waals surface area contributed by atoms with Crippen LogP contribution in [0.2, 0.25) is 0 Å². The lowest BCUT2D eigenvalue weighted by molar-refractivity contribution is -0.162. The Balaban J connectivity index is 0.00000172. The van der Waals surface area contributed by atoms with Gasteiger partial charge in [-0.15, -0.1) is 13.2 Å². The van der Waals surface area contributed by atoms with Gasteiger partial charge in [-0.1, -0.05) is 0 Å². The normalized spacial score (nSPS) is 22.7. The highest BCUT2D eigenvalue weighted by Gasteiger charge is 2.01. The molecule has 0 amide bonds. The molecule has 0 radical (unpaired) electrons. The Kier molecular flexibility index (Phi) is 14.5. The maximum atomic E-state index is 5.34. The van der Waals surface area contributed by atoms with Crippen LogP contribution in [0.25, 0.3) is 0 Å². The highest BCUT2D eigenvalue weighted by molar-refractivity contribution is 4.44. The summed E-state index contributed by atoms with van der Waals surface area (Å²) in [6.07, 6.45) is 0. The molecule has 0 aromatic rings. The molecule has 1 saturated heterocycles. The number of hydrogen-bond donors (Lipinski definition) is 0. The van der Waals surface area contributed by atoms with Gasteiger partial charge < -0.3 is 23.7 Å². The van der Waals surface area contributed by atoms with E-state index < -0.39 is 0 Å². The van der Waals surface area contributed by atoms with Crippen molar-refractivity contribution in [1.82, 2.24) is 9.80 Å². The lowest BCUT2D eigenvalue weighted by atomic mass is 10.6. The minimum absolute atomic E-state index is 0.234. The third-order valence-electron chi connectivity index (χ3n) is 2.36. The van der Waals surface area contributed by atoms with E-state index in [-0.39, 0.29) is 13.6 Å². The van der Waals surface area contributed by atoms with Crippen LogP contribution in [0.15, 0.2) is 13.2 Å². The van der Waals surface area contributed by atoms with Crippen molar-refractivity contribution in [3.8, 4) is 0 Å². The molecule has 7 heteroatoms. The summed E-state index contributed by atoms with van der Waals surface area (Å²) >= 11 is 0. The Hall–Kier alpha value is -0.540. The first-order valence-corrected chi connectivity index (χ1v) is 6.55. The van der Waals surface area contributed by atoms with Gasteiger partial charge in [0.25, 0.3) is 0 Å². The van der Waals surface area contributed by atoms with Crippen molar-refractivity contribution in [2.75, 3.05) is 74.2 Å². The smallest absolute Gasteiger partial charge is 0.151 e. The van der Waals surface area contributed by atoms with Crippen molar-refractivity contribution in [2.45, 2.75) is 0 Å². The molecule has 120 valence electrons. The first-order chi connectivity index (χ1) is 9.79. The van der Waals surface area contributed by atoms with E-state index in [1.807, 2.05) is 23.9 Å². The largest absolute Gasteiger partial charge is 0.354 e. The summed E-state index contributed by atoms with van der Waals surface area (Å²) in [6.45, 7) is 10.6. The minimum Gasteiger partial charge on any atom is -0.354 e. The van der Waals surface area contributed by atoms with E-state index >= 15 is 0 Å². The van der Waals surface area contributed by atoms with E-state index in [1.54, 1.807) is 0 Å². The van der Waals surface area contributed by atoms with Crippen molar-refractivity contribution in [2.24, 2.45) is 0 Å². The molecule has 0 aromatic heterocycles. The van der Waals surface area contributed by atoms with Gasteiger partial charge in [0.05, 0.1) is 13.2 Å². The van der Waals surface area contributed by atoms with Crippen molar-refractivity contribution in [1.29, 1.82) is 0 Å². The standard InChI is InChI=1S/C11H24N2O5.C2H4/c1-12-3-5-14-9-15-6-4-13(2)8-17-11-18-10-16-7-12;1-2/h3-11H2,1-2H3;1-2H2. The molecule has 0 bridgehead atoms. The van der Waals surface area contributed by atoms with Gasteiger partial charge in [0.15, 0.2) is 13.6 Å². The van der Waals surface area contributed by atoms with Gasteiger partial charge in [0, 0.05) is 13.1 Å². The summed E-state index contributed by atoms with van der Waals surface area (Å²) in [5.74, 6) is 0. The van der Waals surface area contributed by atoms with E-state index in [9.17, 15) is 0 Å². The quantitative estimate of drug-likeness (QED) is 0.604. The highest BCUT2D eigenvalue weighted by Crippen LogP contribution is 1.91. The van der Waals surface area contributed by atoms with Gasteiger partial charge in [-0.05, 0) is 14.1 Å². The molecule has 0 saturated carbocycles. The summed E-state index contributed by atoms with van der Waals surface area (Å²) in [5, 5.41) is 0. The van der Waals surface area contributed by atoms with Gasteiger partial charge in [-0.2, -0.15) is 0 Å². The fourth-order valence-corrected chi connectivity index (χ4v) is 1.28. The van der Waals surface area contributed by atoms with Gasteiger partial charge in [-0.25, -0.2) is 0 Å². The van der Waals surface area contributed by atoms with Crippen LogP contribution in [-0.2, 0) is 23.7 Å². The summed E-state index contributed by atoms with van der Waals surface area (Å²) in [6, 6.07) is 0. The number of nitrogens with zero attached hydrogens (tertiary/aromatic N) is 2. The zero-order valence-electron chi connectivity index (χ0n) is 12.7. The Morgan fingerprint density at radius 3 is 1.50 bits per heavy atom. The molecule has 0 spiro atoms. The fraction of sp³-hybridized carbons (Fsp3) is 0.846. The number of ether oxygens (including phenoxy) is 5. The van der Waals surface area contributed by atoms with Crippen LogP contribution in [0.1, 0.15) is 0 Å². The predicted octanol–water partition coefficient (Wildman–Crippen LogP) is 0.536. The fourth-order valence-electron chi connectivity index (χ4n) is 1.28. The molecule has 0 N–H and O–H groups in total. The lowest BCUT2D eigenvalue weighted by Gasteiger charge is -2.19. The summed E-state index contributed by atoms with van der Waals surface area (Å²) in [5.41, 5.74) is 0. The Bertz CT molecular complexity index is 173. The second kappa shape index (κ2) is 14.9. The highest BCUT2D eigenvalue weighted by atomic mass is 16.7. The number of rotatable bonds is 0. The van der Waals surface area contributed by atoms with Gasteiger partial charge in [-0.3, -0.25) is 9.80 Å². The van der Waals surface area contributed by atoms with E-state index in [2.05, 4.69) is 13.2 Å². The van der Waals surface area contributed by atoms with Crippen LogP contribution >= 0.6 is 0 Å². The van der Waals surface area contributed by atoms with E-state index in [0.717, 1.165) is 13.1 Å². The number of hydrogen-bond acceptors (Lipinski definition) is 7. The summed E-state index contributed by atoms with van der Waals surface area (Å²) in [7, 11) is 3.91. The zero-order chi connectivity index (χ0) is 15.1. The maximum Gasteiger partial charge on any atom is 0.151 e. The van der Waals surface area contributed by atoms with Gasteiger partial charge in [0.2, 0.25) is 0 Å². The van der Waals surface area contributed by atoms with Gasteiger partial charge in [0.1, 0.15) is 20.3 Å². The third kappa shape index (κ3) is 12.5. The Labute approximate surface area is 122 Å². The van der Waals surface area contributed by atoms with Crippen molar-refractivity contribution in [3.63, 3.8) is 0 Å². The molecule has 1 aliphatic heterocycles. The molecule has 0 aliphatic carbocycles. The SMILES string of the molecule is C=C.CN1CCOCOCCN(C)COCOCOC1. The Morgan fingerprint density at radius 1 is 0.650 bits per heavy atom. The second-order valence-corrected chi connectivity index (χ2v) is 4.20. The van der Waals surface area contributed by atoms with Crippen LogP contribution in [0.4, 0.5) is 0 Å². The second-order valence-electron chi connectivity index (χ2n) is 4.20. The molecule has 0 aromatic carbocycles. The molecular weight excluding hydrogens is 264 g/mol. The average Bonchev–Trinajstić information content (AvgIpc) is 2.46. The molecule has 1 heterocycles. The molecule has 1 aliphatic rings. The van der Waals surface area contributed by atoms with Gasteiger partial charge >= 0.3 is 0 Å². The van der Waals surface area contributed by atoms with E-state index in [4.69, 9.17) is 23.7 Å². The number of likely N-dealkylation sites (N-methyl/N-ethyl adjacent to an activating group) is 2. The van der Waals surface area contributed by atoms with Crippen LogP contribution in [0.3, 0.4) is 0 Å². The van der Waals surface area contributed by atoms with Crippen LogP contribution in [0.5, 0.6) is 0 Å². The maximum absolute atomic E-state index is 5.34. The first-order valence-electron chi connectivity index (χ1n) is 6.55. The molecule has 1 fully saturated rings. The monoisotopic (exact) mass is 292 g/mol. The molecule has 20 heavy (non-hydrogen) atoms. The average molecular weight is 292 g/mol. The summed E-state index contributed by atoms with van der Waals surface area (Å²) < 4.78 is 26.4. The van der Waals surface area contributed by atoms with Crippen molar-refractivity contribution < 1.29 is 23.7 Å².